The van der Waals surface area contributed by atoms with Crippen molar-refractivity contribution >= 4 is 12.1 Å². The molecule has 0 aromatic heterocycles. The van der Waals surface area contributed by atoms with Crippen molar-refractivity contribution < 1.29 is 19.1 Å². The molecule has 0 spiro atoms. The van der Waals surface area contributed by atoms with Gasteiger partial charge in [-0.3, -0.25) is 0 Å². The molecule has 1 aliphatic carbocycles. The molecule has 43 heavy (non-hydrogen) atoms. The van der Waals surface area contributed by atoms with Crippen molar-refractivity contribution in [2.24, 2.45) is 10.8 Å². The van der Waals surface area contributed by atoms with Gasteiger partial charge in [0, 0.05) is 19.1 Å². The molecule has 0 bridgehead atoms. The summed E-state index contributed by atoms with van der Waals surface area (Å²) in [5.74, 6) is 0. The highest BCUT2D eigenvalue weighted by molar-refractivity contribution is 5.74. The molecular formula is C36H69N3O4. The molecule has 2 atom stereocenters. The van der Waals surface area contributed by atoms with Gasteiger partial charge in [0.15, 0.2) is 0 Å². The molecule has 7 nitrogen and oxygen atoms in total. The van der Waals surface area contributed by atoms with Crippen molar-refractivity contribution in [3.8, 4) is 0 Å². The summed E-state index contributed by atoms with van der Waals surface area (Å²) in [4.78, 5) is 24.9. The zero-order chi connectivity index (χ0) is 31.7. The van der Waals surface area contributed by atoms with Crippen LogP contribution in [0.1, 0.15) is 163 Å². The van der Waals surface area contributed by atoms with E-state index in [0.29, 0.717) is 19.8 Å². The van der Waals surface area contributed by atoms with E-state index in [1.54, 1.807) is 0 Å². The summed E-state index contributed by atoms with van der Waals surface area (Å²) < 4.78 is 10.4. The number of carbonyl (C=O) groups is 2. The van der Waals surface area contributed by atoms with Crippen molar-refractivity contribution in [1.29, 1.82) is 0 Å². The van der Waals surface area contributed by atoms with Crippen molar-refractivity contribution in [3.05, 3.63) is 12.8 Å². The van der Waals surface area contributed by atoms with Crippen molar-refractivity contribution in [3.63, 3.8) is 0 Å². The average Bonchev–Trinajstić information content (AvgIpc) is 2.94. The summed E-state index contributed by atoms with van der Waals surface area (Å²) in [7, 11) is 0. The van der Waals surface area contributed by atoms with Crippen LogP contribution in [0.4, 0.5) is 9.59 Å². The van der Waals surface area contributed by atoms with Crippen LogP contribution < -0.4 is 16.0 Å². The van der Waals surface area contributed by atoms with Crippen LogP contribution in [0.15, 0.2) is 12.8 Å². The topological polar surface area (TPSA) is 88.7 Å². The highest BCUT2D eigenvalue weighted by Gasteiger charge is 2.42. The molecule has 1 rings (SSSR count). The minimum Gasteiger partial charge on any atom is -0.502 e. The lowest BCUT2D eigenvalue weighted by Crippen LogP contribution is -2.52. The van der Waals surface area contributed by atoms with Gasteiger partial charge in [-0.1, -0.05) is 131 Å². The Morgan fingerprint density at radius 3 is 1.84 bits per heavy atom. The molecule has 1 saturated carbocycles. The predicted octanol–water partition coefficient (Wildman–Crippen LogP) is 9.80. The standard InChI is InChI=1S/C36H69N3O4/c1-6-8-9-10-11-12-13-14-15-16-17-18-19-20-21-22-25-37-33(40)39-32-28-35(3,4)30-36(5,29-32)31-38-34(41)43-27-24-23-26-42-7-2/h7,32H,2,6,8-31H2,1,3-5H3,(H,38,41)(H2,37,39,40). The summed E-state index contributed by atoms with van der Waals surface area (Å²) in [6, 6.07) is 0.0148. The molecule has 3 amide bonds. The van der Waals surface area contributed by atoms with Gasteiger partial charge in [-0.05, 0) is 49.4 Å². The summed E-state index contributed by atoms with van der Waals surface area (Å²) in [6.45, 7) is 14.7. The average molecular weight is 608 g/mol. The lowest BCUT2D eigenvalue weighted by Gasteiger charge is -2.46. The molecule has 7 heteroatoms. The largest absolute Gasteiger partial charge is 0.502 e. The van der Waals surface area contributed by atoms with E-state index in [1.807, 2.05) is 0 Å². The normalized spacial score (nSPS) is 19.4. The highest BCUT2D eigenvalue weighted by atomic mass is 16.5. The molecule has 252 valence electrons. The predicted molar refractivity (Wildman–Crippen MR) is 180 cm³/mol. The first kappa shape index (κ1) is 39.1. The summed E-state index contributed by atoms with van der Waals surface area (Å²) >= 11 is 0. The number of urea groups is 1. The number of carbonyl (C=O) groups excluding carboxylic acids is 2. The summed E-state index contributed by atoms with van der Waals surface area (Å²) in [6.07, 6.45) is 27.0. The van der Waals surface area contributed by atoms with Crippen LogP contribution in [0.25, 0.3) is 0 Å². The Bertz CT molecular complexity index is 729. The molecule has 0 aliphatic heterocycles. The Kier molecular flexibility index (Phi) is 22.2. The molecule has 3 N–H and O–H groups in total. The molecule has 2 unspecified atom stereocenters. The third kappa shape index (κ3) is 22.3. The minimum absolute atomic E-state index is 0.0705. The smallest absolute Gasteiger partial charge is 0.407 e. The van der Waals surface area contributed by atoms with E-state index in [4.69, 9.17) is 9.47 Å². The van der Waals surface area contributed by atoms with E-state index in [2.05, 4.69) is 50.2 Å². The Balaban J connectivity index is 2.09. The number of ether oxygens (including phenoxy) is 2. The van der Waals surface area contributed by atoms with Gasteiger partial charge in [0.2, 0.25) is 0 Å². The molecular weight excluding hydrogens is 538 g/mol. The minimum atomic E-state index is -0.379. The Morgan fingerprint density at radius 1 is 0.744 bits per heavy atom. The Morgan fingerprint density at radius 2 is 1.28 bits per heavy atom. The van der Waals surface area contributed by atoms with Gasteiger partial charge >= 0.3 is 12.1 Å². The van der Waals surface area contributed by atoms with E-state index in [9.17, 15) is 9.59 Å². The first-order valence-electron chi connectivity index (χ1n) is 17.9. The molecule has 0 heterocycles. The van der Waals surface area contributed by atoms with Crippen LogP contribution in [0.2, 0.25) is 0 Å². The van der Waals surface area contributed by atoms with Crippen molar-refractivity contribution in [2.75, 3.05) is 26.3 Å². The zero-order valence-corrected chi connectivity index (χ0v) is 28.7. The van der Waals surface area contributed by atoms with Crippen LogP contribution in [-0.4, -0.2) is 44.5 Å². The fraction of sp³-hybridized carbons (Fsp3) is 0.889. The van der Waals surface area contributed by atoms with E-state index >= 15 is 0 Å². The van der Waals surface area contributed by atoms with Gasteiger partial charge in [-0.2, -0.15) is 0 Å². The number of unbranched alkanes of at least 4 members (excludes halogenated alkanes) is 16. The Hall–Kier alpha value is -1.92. The molecule has 1 fully saturated rings. The van der Waals surface area contributed by atoms with Crippen LogP contribution in [0.5, 0.6) is 0 Å². The molecule has 0 aromatic carbocycles. The lowest BCUT2D eigenvalue weighted by molar-refractivity contribution is 0.0693. The monoisotopic (exact) mass is 608 g/mol. The number of rotatable bonds is 26. The maximum Gasteiger partial charge on any atom is 0.407 e. The summed E-state index contributed by atoms with van der Waals surface area (Å²) in [5.41, 5.74) is -0.0278. The lowest BCUT2D eigenvalue weighted by atomic mass is 9.62. The molecule has 0 saturated heterocycles. The maximum atomic E-state index is 12.6. The van der Waals surface area contributed by atoms with Gasteiger partial charge in [0.25, 0.3) is 0 Å². The van der Waals surface area contributed by atoms with E-state index in [0.717, 1.165) is 45.1 Å². The van der Waals surface area contributed by atoms with E-state index < -0.39 is 0 Å². The number of alkyl carbamates (subject to hydrolysis) is 1. The van der Waals surface area contributed by atoms with Gasteiger partial charge in [0.1, 0.15) is 0 Å². The second kappa shape index (κ2) is 24.4. The second-order valence-electron chi connectivity index (χ2n) is 14.2. The van der Waals surface area contributed by atoms with Crippen LogP contribution >= 0.6 is 0 Å². The first-order chi connectivity index (χ1) is 20.7. The Labute approximate surface area is 265 Å². The number of nitrogens with one attached hydrogen (secondary N) is 3. The second-order valence-corrected chi connectivity index (χ2v) is 14.2. The number of hydrogen-bond acceptors (Lipinski definition) is 4. The highest BCUT2D eigenvalue weighted by Crippen LogP contribution is 2.45. The van der Waals surface area contributed by atoms with E-state index in [-0.39, 0.29) is 29.0 Å². The number of hydrogen-bond donors (Lipinski definition) is 3. The zero-order valence-electron chi connectivity index (χ0n) is 28.7. The summed E-state index contributed by atoms with van der Waals surface area (Å²) in [5, 5.41) is 9.25. The van der Waals surface area contributed by atoms with Crippen molar-refractivity contribution in [1.82, 2.24) is 16.0 Å². The SMILES string of the molecule is C=COCCCCOC(=O)NCC1(C)CC(NC(=O)NCCCCCCCCCCCCCCCCCC)CC(C)(C)C1. The van der Waals surface area contributed by atoms with Gasteiger partial charge in [-0.25, -0.2) is 9.59 Å². The molecule has 0 aromatic rings. The van der Waals surface area contributed by atoms with Crippen LogP contribution in [0.3, 0.4) is 0 Å². The molecule has 0 radical (unpaired) electrons. The molecule has 1 aliphatic rings. The fourth-order valence-corrected chi connectivity index (χ4v) is 6.85. The quantitative estimate of drug-likeness (QED) is 0.0674. The van der Waals surface area contributed by atoms with Crippen LogP contribution in [-0.2, 0) is 9.47 Å². The van der Waals surface area contributed by atoms with E-state index in [1.165, 1.54) is 103 Å². The van der Waals surface area contributed by atoms with Gasteiger partial charge in [0.05, 0.1) is 19.5 Å². The third-order valence-electron chi connectivity index (χ3n) is 8.76. The third-order valence-corrected chi connectivity index (χ3v) is 8.76. The van der Waals surface area contributed by atoms with Gasteiger partial charge < -0.3 is 25.4 Å². The van der Waals surface area contributed by atoms with Crippen LogP contribution in [0, 0.1) is 10.8 Å². The van der Waals surface area contributed by atoms with Crippen molar-refractivity contribution in [2.45, 2.75) is 169 Å². The number of amides is 3. The first-order valence-corrected chi connectivity index (χ1v) is 17.9. The maximum absolute atomic E-state index is 12.6. The van der Waals surface area contributed by atoms with Gasteiger partial charge in [-0.15, -0.1) is 0 Å². The fourth-order valence-electron chi connectivity index (χ4n) is 6.85.